The predicted molar refractivity (Wildman–Crippen MR) is 97.3 cm³/mol. The molecule has 28 heavy (non-hydrogen) atoms. The van der Waals surface area contributed by atoms with Gasteiger partial charge in [-0.3, -0.25) is 9.59 Å². The maximum absolute atomic E-state index is 12.5. The van der Waals surface area contributed by atoms with Crippen LogP contribution in [0.15, 0.2) is 40.8 Å². The van der Waals surface area contributed by atoms with Crippen LogP contribution in [0.25, 0.3) is 0 Å². The van der Waals surface area contributed by atoms with E-state index in [9.17, 15) is 18.4 Å². The van der Waals surface area contributed by atoms with Crippen molar-refractivity contribution in [3.05, 3.63) is 53.5 Å². The standard InChI is InChI=1S/C20H22F2N2O4/c1-13-2-7-17(27-13)19(26)23-15-8-10-24(11-9-15)18(25)12-14-3-5-16(6-4-14)28-20(21)22/h2-7,15,20H,8-12H2,1H3,(H,23,26). The Morgan fingerprint density at radius 3 is 2.43 bits per heavy atom. The third-order valence-corrected chi connectivity index (χ3v) is 4.65. The Morgan fingerprint density at radius 2 is 1.86 bits per heavy atom. The van der Waals surface area contributed by atoms with Gasteiger partial charge in [-0.15, -0.1) is 0 Å². The Bertz CT molecular complexity index is 812. The van der Waals surface area contributed by atoms with Crippen molar-refractivity contribution in [1.29, 1.82) is 0 Å². The molecule has 8 heteroatoms. The van der Waals surface area contributed by atoms with E-state index >= 15 is 0 Å². The number of halogens is 2. The molecule has 1 aliphatic rings. The molecular formula is C20H22F2N2O4. The fraction of sp³-hybridized carbons (Fsp3) is 0.400. The summed E-state index contributed by atoms with van der Waals surface area (Å²) in [5.74, 6) is 0.752. The van der Waals surface area contributed by atoms with E-state index in [1.54, 1.807) is 36.1 Å². The molecule has 0 aliphatic carbocycles. The molecule has 2 aromatic rings. The highest BCUT2D eigenvalue weighted by atomic mass is 19.3. The second-order valence-electron chi connectivity index (χ2n) is 6.74. The van der Waals surface area contributed by atoms with Crippen LogP contribution < -0.4 is 10.1 Å². The van der Waals surface area contributed by atoms with Gasteiger partial charge in [0.1, 0.15) is 11.5 Å². The third kappa shape index (κ3) is 5.31. The Hall–Kier alpha value is -2.90. The molecule has 0 spiro atoms. The SMILES string of the molecule is Cc1ccc(C(=O)NC2CCN(C(=O)Cc3ccc(OC(F)F)cc3)CC2)o1. The molecule has 150 valence electrons. The second kappa shape index (κ2) is 8.86. The van der Waals surface area contributed by atoms with Gasteiger partial charge in [0, 0.05) is 19.1 Å². The van der Waals surface area contributed by atoms with Crippen LogP contribution in [-0.4, -0.2) is 42.5 Å². The number of hydrogen-bond donors (Lipinski definition) is 1. The van der Waals surface area contributed by atoms with E-state index in [-0.39, 0.29) is 35.8 Å². The molecule has 0 atom stereocenters. The van der Waals surface area contributed by atoms with Gasteiger partial charge in [-0.2, -0.15) is 8.78 Å². The molecule has 1 aromatic carbocycles. The minimum Gasteiger partial charge on any atom is -0.456 e. The number of benzene rings is 1. The van der Waals surface area contributed by atoms with Crippen LogP contribution in [0.3, 0.4) is 0 Å². The fourth-order valence-electron chi connectivity index (χ4n) is 3.16. The molecule has 2 amide bonds. The number of rotatable bonds is 6. The quantitative estimate of drug-likeness (QED) is 0.820. The molecule has 1 fully saturated rings. The molecule has 0 unspecified atom stereocenters. The number of carbonyl (C=O) groups excluding carboxylic acids is 2. The van der Waals surface area contributed by atoms with Crippen LogP contribution in [-0.2, 0) is 11.2 Å². The Labute approximate surface area is 161 Å². The summed E-state index contributed by atoms with van der Waals surface area (Å²) in [5.41, 5.74) is 0.732. The molecule has 0 saturated carbocycles. The summed E-state index contributed by atoms with van der Waals surface area (Å²) in [6, 6.07) is 9.43. The lowest BCUT2D eigenvalue weighted by Crippen LogP contribution is -2.46. The van der Waals surface area contributed by atoms with Gasteiger partial charge >= 0.3 is 6.61 Å². The summed E-state index contributed by atoms with van der Waals surface area (Å²) in [6.07, 6.45) is 1.52. The van der Waals surface area contributed by atoms with E-state index in [0.29, 0.717) is 31.7 Å². The highest BCUT2D eigenvalue weighted by Crippen LogP contribution is 2.17. The maximum Gasteiger partial charge on any atom is 0.387 e. The average Bonchev–Trinajstić information content (AvgIpc) is 3.10. The molecule has 3 rings (SSSR count). The zero-order valence-electron chi connectivity index (χ0n) is 15.5. The van der Waals surface area contributed by atoms with Crippen LogP contribution in [0.4, 0.5) is 8.78 Å². The molecule has 2 heterocycles. The number of nitrogens with one attached hydrogen (secondary N) is 1. The van der Waals surface area contributed by atoms with E-state index in [2.05, 4.69) is 10.1 Å². The van der Waals surface area contributed by atoms with Crippen LogP contribution in [0, 0.1) is 6.92 Å². The van der Waals surface area contributed by atoms with Gasteiger partial charge in [0.2, 0.25) is 5.91 Å². The van der Waals surface area contributed by atoms with Crippen molar-refractivity contribution in [2.24, 2.45) is 0 Å². The number of furan rings is 1. The Morgan fingerprint density at radius 1 is 1.18 bits per heavy atom. The predicted octanol–water partition coefficient (Wildman–Crippen LogP) is 3.15. The van der Waals surface area contributed by atoms with Gasteiger partial charge in [-0.1, -0.05) is 12.1 Å². The highest BCUT2D eigenvalue weighted by molar-refractivity contribution is 5.91. The van der Waals surface area contributed by atoms with Crippen molar-refractivity contribution >= 4 is 11.8 Å². The second-order valence-corrected chi connectivity index (χ2v) is 6.74. The molecule has 6 nitrogen and oxygen atoms in total. The van der Waals surface area contributed by atoms with Gasteiger partial charge in [-0.05, 0) is 49.6 Å². The largest absolute Gasteiger partial charge is 0.456 e. The number of aryl methyl sites for hydroxylation is 1. The number of amides is 2. The topological polar surface area (TPSA) is 71.8 Å². The fourth-order valence-corrected chi connectivity index (χ4v) is 3.16. The van der Waals surface area contributed by atoms with Gasteiger partial charge in [-0.25, -0.2) is 0 Å². The lowest BCUT2D eigenvalue weighted by atomic mass is 10.0. The van der Waals surface area contributed by atoms with Crippen molar-refractivity contribution in [3.8, 4) is 5.75 Å². The number of piperidine rings is 1. The number of nitrogens with zero attached hydrogens (tertiary/aromatic N) is 1. The van der Waals surface area contributed by atoms with Crippen LogP contribution in [0.2, 0.25) is 0 Å². The molecule has 1 saturated heterocycles. The Kier molecular flexibility index (Phi) is 6.28. The van der Waals surface area contributed by atoms with Gasteiger partial charge in [0.15, 0.2) is 5.76 Å². The molecule has 1 aromatic heterocycles. The van der Waals surface area contributed by atoms with E-state index in [0.717, 1.165) is 5.56 Å². The number of alkyl halides is 2. The smallest absolute Gasteiger partial charge is 0.387 e. The lowest BCUT2D eigenvalue weighted by molar-refractivity contribution is -0.131. The van der Waals surface area contributed by atoms with Crippen molar-refractivity contribution in [3.63, 3.8) is 0 Å². The van der Waals surface area contributed by atoms with Crippen molar-refractivity contribution in [2.45, 2.75) is 38.8 Å². The van der Waals surface area contributed by atoms with E-state index < -0.39 is 6.61 Å². The molecule has 0 bridgehead atoms. The maximum atomic E-state index is 12.5. The molecular weight excluding hydrogens is 370 g/mol. The first-order chi connectivity index (χ1) is 13.4. The highest BCUT2D eigenvalue weighted by Gasteiger charge is 2.25. The summed E-state index contributed by atoms with van der Waals surface area (Å²) in [6.45, 7) is 0.00696. The molecule has 1 aliphatic heterocycles. The summed E-state index contributed by atoms with van der Waals surface area (Å²) < 4.78 is 33.9. The first-order valence-corrected chi connectivity index (χ1v) is 9.09. The van der Waals surface area contributed by atoms with Gasteiger partial charge < -0.3 is 19.4 Å². The zero-order chi connectivity index (χ0) is 20.1. The zero-order valence-corrected chi connectivity index (χ0v) is 15.5. The monoisotopic (exact) mass is 392 g/mol. The van der Waals surface area contributed by atoms with Crippen LogP contribution in [0.1, 0.15) is 34.7 Å². The minimum atomic E-state index is -2.87. The van der Waals surface area contributed by atoms with Gasteiger partial charge in [0.05, 0.1) is 6.42 Å². The van der Waals surface area contributed by atoms with Crippen LogP contribution in [0.5, 0.6) is 5.75 Å². The van der Waals surface area contributed by atoms with E-state index in [4.69, 9.17) is 4.42 Å². The normalized spacial score (nSPS) is 14.9. The van der Waals surface area contributed by atoms with Crippen molar-refractivity contribution in [2.75, 3.05) is 13.1 Å². The number of likely N-dealkylation sites (tertiary alicyclic amines) is 1. The lowest BCUT2D eigenvalue weighted by Gasteiger charge is -2.32. The van der Waals surface area contributed by atoms with Crippen molar-refractivity contribution in [1.82, 2.24) is 10.2 Å². The third-order valence-electron chi connectivity index (χ3n) is 4.65. The summed E-state index contributed by atoms with van der Waals surface area (Å²) in [7, 11) is 0. The first-order valence-electron chi connectivity index (χ1n) is 9.09. The van der Waals surface area contributed by atoms with E-state index in [1.165, 1.54) is 12.1 Å². The number of hydrogen-bond acceptors (Lipinski definition) is 4. The van der Waals surface area contributed by atoms with E-state index in [1.807, 2.05) is 0 Å². The number of carbonyl (C=O) groups is 2. The minimum absolute atomic E-state index is 0.00673. The summed E-state index contributed by atoms with van der Waals surface area (Å²) in [4.78, 5) is 26.3. The molecule has 1 N–H and O–H groups in total. The van der Waals surface area contributed by atoms with Crippen molar-refractivity contribution < 1.29 is 27.5 Å². The van der Waals surface area contributed by atoms with Crippen LogP contribution >= 0.6 is 0 Å². The average molecular weight is 392 g/mol. The number of ether oxygens (including phenoxy) is 1. The first kappa shape index (κ1) is 19.9. The molecule has 0 radical (unpaired) electrons. The summed E-state index contributed by atoms with van der Waals surface area (Å²) in [5, 5.41) is 2.93. The van der Waals surface area contributed by atoms with Gasteiger partial charge in [0.25, 0.3) is 5.91 Å². The Balaban J connectivity index is 1.45. The summed E-state index contributed by atoms with van der Waals surface area (Å²) >= 11 is 0.